The second kappa shape index (κ2) is 3.29. The molecule has 3 nitrogen and oxygen atoms in total. The van der Waals surface area contributed by atoms with Crippen molar-refractivity contribution in [2.75, 3.05) is 0 Å². The summed E-state index contributed by atoms with van der Waals surface area (Å²) in [4.78, 5) is 10.8. The molecular weight excluding hydrogens is 168 g/mol. The number of carboxylic acid groups (broad SMARTS) is 1. The number of fused-ring (bicyclic) bond motifs is 2. The molecule has 0 aromatic carbocycles. The van der Waals surface area contributed by atoms with Gasteiger partial charge in [0.05, 0.1) is 12.0 Å². The quantitative estimate of drug-likeness (QED) is 0.645. The summed E-state index contributed by atoms with van der Waals surface area (Å²) in [5, 5.41) is 18.4. The maximum absolute atomic E-state index is 10.8. The molecule has 2 fully saturated rings. The summed E-state index contributed by atoms with van der Waals surface area (Å²) in [5.41, 5.74) is 0. The fourth-order valence-electron chi connectivity index (χ4n) is 3.02. The molecule has 13 heavy (non-hydrogen) atoms. The lowest BCUT2D eigenvalue weighted by molar-refractivity contribution is -0.145. The van der Waals surface area contributed by atoms with Gasteiger partial charge in [0.15, 0.2) is 0 Å². The molecule has 2 bridgehead atoms. The number of aliphatic carboxylic acids is 1. The zero-order valence-electron chi connectivity index (χ0n) is 7.65. The van der Waals surface area contributed by atoms with Gasteiger partial charge < -0.3 is 10.2 Å². The van der Waals surface area contributed by atoms with Crippen LogP contribution in [0.3, 0.4) is 0 Å². The van der Waals surface area contributed by atoms with Crippen molar-refractivity contribution in [2.45, 2.75) is 38.2 Å². The standard InChI is InChI=1S/C10H16O3/c11-9-4-6-1-7(5-9)3-8(2-6)10(12)13/h6-9,11H,1-5H2,(H,12,13)/t6-,7+,8+,9+. The molecule has 0 aliphatic heterocycles. The van der Waals surface area contributed by atoms with Crippen LogP contribution in [0.1, 0.15) is 32.1 Å². The fourth-order valence-corrected chi connectivity index (χ4v) is 3.02. The molecule has 2 aliphatic carbocycles. The Balaban J connectivity index is 2.01. The first-order valence-electron chi connectivity index (χ1n) is 5.06. The molecule has 0 unspecified atom stereocenters. The molecule has 0 saturated heterocycles. The molecule has 4 atom stereocenters. The van der Waals surface area contributed by atoms with Gasteiger partial charge in [0, 0.05) is 0 Å². The molecule has 2 aliphatic rings. The molecule has 0 amide bonds. The highest BCUT2D eigenvalue weighted by molar-refractivity contribution is 5.70. The van der Waals surface area contributed by atoms with Crippen LogP contribution < -0.4 is 0 Å². The highest BCUT2D eigenvalue weighted by atomic mass is 16.4. The third-order valence-electron chi connectivity index (χ3n) is 3.46. The Kier molecular flexibility index (Phi) is 2.28. The lowest BCUT2D eigenvalue weighted by atomic mass is 9.67. The summed E-state index contributed by atoms with van der Waals surface area (Å²) in [6.07, 6.45) is 4.17. The third-order valence-corrected chi connectivity index (χ3v) is 3.46. The number of carbonyl (C=O) groups is 1. The second-order valence-corrected chi connectivity index (χ2v) is 4.60. The Labute approximate surface area is 77.8 Å². The van der Waals surface area contributed by atoms with Crippen molar-refractivity contribution in [1.29, 1.82) is 0 Å². The van der Waals surface area contributed by atoms with Gasteiger partial charge in [-0.1, -0.05) is 0 Å². The zero-order valence-corrected chi connectivity index (χ0v) is 7.65. The van der Waals surface area contributed by atoms with Crippen LogP contribution >= 0.6 is 0 Å². The molecule has 0 radical (unpaired) electrons. The minimum atomic E-state index is -0.647. The van der Waals surface area contributed by atoms with E-state index in [-0.39, 0.29) is 12.0 Å². The van der Waals surface area contributed by atoms with Gasteiger partial charge in [0.2, 0.25) is 0 Å². The van der Waals surface area contributed by atoms with Gasteiger partial charge >= 0.3 is 5.97 Å². The molecule has 3 heteroatoms. The second-order valence-electron chi connectivity index (χ2n) is 4.60. The maximum Gasteiger partial charge on any atom is 0.306 e. The monoisotopic (exact) mass is 184 g/mol. The summed E-state index contributed by atoms with van der Waals surface area (Å²) < 4.78 is 0. The number of hydrogen-bond acceptors (Lipinski definition) is 2. The van der Waals surface area contributed by atoms with Crippen molar-refractivity contribution in [3.8, 4) is 0 Å². The predicted molar refractivity (Wildman–Crippen MR) is 47.2 cm³/mol. The molecule has 0 spiro atoms. The topological polar surface area (TPSA) is 57.5 Å². The number of hydrogen-bond donors (Lipinski definition) is 2. The summed E-state index contributed by atoms with van der Waals surface area (Å²) >= 11 is 0. The van der Waals surface area contributed by atoms with Gasteiger partial charge in [0.25, 0.3) is 0 Å². The Morgan fingerprint density at radius 1 is 1.00 bits per heavy atom. The number of aliphatic hydroxyl groups excluding tert-OH is 1. The van der Waals surface area contributed by atoms with Gasteiger partial charge in [-0.15, -0.1) is 0 Å². The SMILES string of the molecule is O=C(O)[C@H]1C[C@@H]2C[C@H](O)C[C@@H](C2)C1. The van der Waals surface area contributed by atoms with E-state index >= 15 is 0 Å². The fraction of sp³-hybridized carbons (Fsp3) is 0.900. The van der Waals surface area contributed by atoms with Gasteiger partial charge in [-0.3, -0.25) is 4.79 Å². The van der Waals surface area contributed by atoms with E-state index in [9.17, 15) is 9.90 Å². The molecule has 0 heterocycles. The number of rotatable bonds is 1. The van der Waals surface area contributed by atoms with Crippen LogP contribution in [0, 0.1) is 17.8 Å². The molecule has 0 aromatic heterocycles. The molecule has 0 aromatic rings. The van der Waals surface area contributed by atoms with Crippen molar-refractivity contribution in [3.05, 3.63) is 0 Å². The Morgan fingerprint density at radius 3 is 2.00 bits per heavy atom. The van der Waals surface area contributed by atoms with E-state index in [1.807, 2.05) is 0 Å². The minimum absolute atomic E-state index is 0.142. The minimum Gasteiger partial charge on any atom is -0.481 e. The van der Waals surface area contributed by atoms with Gasteiger partial charge in [-0.25, -0.2) is 0 Å². The van der Waals surface area contributed by atoms with E-state index < -0.39 is 5.97 Å². The first kappa shape index (κ1) is 9.00. The highest BCUT2D eigenvalue weighted by Gasteiger charge is 2.37. The lowest BCUT2D eigenvalue weighted by Crippen LogP contribution is -2.35. The zero-order chi connectivity index (χ0) is 9.42. The average Bonchev–Trinajstić information content (AvgIpc) is 2.01. The maximum atomic E-state index is 10.8. The molecule has 2 saturated carbocycles. The number of aliphatic hydroxyl groups is 1. The molecule has 2 rings (SSSR count). The first-order chi connectivity index (χ1) is 6.15. The molecular formula is C10H16O3. The van der Waals surface area contributed by atoms with Crippen LogP contribution in [0.15, 0.2) is 0 Å². The third kappa shape index (κ3) is 1.85. The van der Waals surface area contributed by atoms with E-state index in [1.165, 1.54) is 0 Å². The van der Waals surface area contributed by atoms with Crippen molar-refractivity contribution in [3.63, 3.8) is 0 Å². The highest BCUT2D eigenvalue weighted by Crippen LogP contribution is 2.42. The van der Waals surface area contributed by atoms with Crippen LogP contribution in [0.5, 0.6) is 0 Å². The summed E-state index contributed by atoms with van der Waals surface area (Å²) in [6, 6.07) is 0. The van der Waals surface area contributed by atoms with Crippen molar-refractivity contribution in [2.24, 2.45) is 17.8 Å². The molecule has 2 N–H and O–H groups in total. The van der Waals surface area contributed by atoms with E-state index in [0.717, 1.165) is 32.1 Å². The Hall–Kier alpha value is -0.570. The summed E-state index contributed by atoms with van der Waals surface area (Å²) in [5.74, 6) is 0.134. The van der Waals surface area contributed by atoms with Crippen LogP contribution in [0.4, 0.5) is 0 Å². The Bertz CT molecular complexity index is 196. The normalized spacial score (nSPS) is 44.4. The van der Waals surface area contributed by atoms with Gasteiger partial charge in [-0.2, -0.15) is 0 Å². The summed E-state index contributed by atoms with van der Waals surface area (Å²) in [7, 11) is 0. The lowest BCUT2D eigenvalue weighted by Gasteiger charge is -2.39. The molecule has 74 valence electrons. The smallest absolute Gasteiger partial charge is 0.306 e. The van der Waals surface area contributed by atoms with E-state index in [1.54, 1.807) is 0 Å². The van der Waals surface area contributed by atoms with E-state index in [2.05, 4.69) is 0 Å². The summed E-state index contributed by atoms with van der Waals surface area (Å²) in [6.45, 7) is 0. The first-order valence-corrected chi connectivity index (χ1v) is 5.06. The van der Waals surface area contributed by atoms with Crippen molar-refractivity contribution >= 4 is 5.97 Å². The van der Waals surface area contributed by atoms with Crippen LogP contribution in [0.25, 0.3) is 0 Å². The predicted octanol–water partition coefficient (Wildman–Crippen LogP) is 1.26. The largest absolute Gasteiger partial charge is 0.481 e. The van der Waals surface area contributed by atoms with Crippen molar-refractivity contribution in [1.82, 2.24) is 0 Å². The average molecular weight is 184 g/mol. The number of carboxylic acids is 1. The van der Waals surface area contributed by atoms with E-state index in [4.69, 9.17) is 5.11 Å². The van der Waals surface area contributed by atoms with E-state index in [0.29, 0.717) is 11.8 Å². The van der Waals surface area contributed by atoms with Crippen molar-refractivity contribution < 1.29 is 15.0 Å². The van der Waals surface area contributed by atoms with Gasteiger partial charge in [0.1, 0.15) is 0 Å². The van der Waals surface area contributed by atoms with Gasteiger partial charge in [-0.05, 0) is 43.9 Å². The van der Waals surface area contributed by atoms with Crippen LogP contribution in [-0.4, -0.2) is 22.3 Å². The Morgan fingerprint density at radius 2 is 1.54 bits per heavy atom. The van der Waals surface area contributed by atoms with Crippen LogP contribution in [0.2, 0.25) is 0 Å². The van der Waals surface area contributed by atoms with Crippen LogP contribution in [-0.2, 0) is 4.79 Å².